The molecule has 1 heterocycles. The Morgan fingerprint density at radius 1 is 0.388 bits per heavy atom. The second kappa shape index (κ2) is 33.6. The molecule has 0 atom stereocenters. The van der Waals surface area contributed by atoms with E-state index in [4.69, 9.17) is 0 Å². The predicted molar refractivity (Wildman–Crippen MR) is 218 cm³/mol. The Kier molecular flexibility index (Phi) is 29.9. The molecule has 0 aliphatic rings. The molecule has 49 heavy (non-hydrogen) atoms. The summed E-state index contributed by atoms with van der Waals surface area (Å²) in [6, 6.07) is 11.1. The Bertz CT molecular complexity index is 875. The van der Waals surface area contributed by atoms with Crippen molar-refractivity contribution in [3.8, 4) is 11.4 Å². The van der Waals surface area contributed by atoms with Crippen molar-refractivity contribution in [2.24, 2.45) is 0 Å². The Balaban J connectivity index is 1.48. The van der Waals surface area contributed by atoms with Crippen molar-refractivity contribution in [1.29, 1.82) is 0 Å². The Labute approximate surface area is 307 Å². The minimum absolute atomic E-state index is 1.15. The molecule has 2 nitrogen and oxygen atoms in total. The topological polar surface area (TPSA) is 8.81 Å². The third-order valence-corrected chi connectivity index (χ3v) is 11.0. The van der Waals surface area contributed by atoms with Gasteiger partial charge in [0.1, 0.15) is 12.4 Å². The summed E-state index contributed by atoms with van der Waals surface area (Å²) in [5, 5.41) is 0. The second-order valence-corrected chi connectivity index (χ2v) is 15.7. The third-order valence-electron chi connectivity index (χ3n) is 11.0. The van der Waals surface area contributed by atoms with Crippen LogP contribution >= 0.6 is 0 Å². The maximum atomic E-state index is 2.54. The zero-order chi connectivity index (χ0) is 34.7. The molecule has 0 radical (unpaired) electrons. The highest BCUT2D eigenvalue weighted by molar-refractivity contribution is 5.52. The van der Waals surface area contributed by atoms with E-state index in [1.165, 1.54) is 230 Å². The average Bonchev–Trinajstić information content (AvgIpc) is 3.53. The molecule has 2 aromatic rings. The van der Waals surface area contributed by atoms with Crippen LogP contribution in [0.5, 0.6) is 0 Å². The minimum Gasteiger partial charge on any atom is -0.230 e. The number of nitrogens with zero attached hydrogens (tertiary/aromatic N) is 2. The van der Waals surface area contributed by atoms with Gasteiger partial charge >= 0.3 is 0 Å². The van der Waals surface area contributed by atoms with E-state index in [2.05, 4.69) is 65.7 Å². The van der Waals surface area contributed by atoms with Gasteiger partial charge in [-0.05, 0) is 37.8 Å². The van der Waals surface area contributed by atoms with E-state index in [-0.39, 0.29) is 0 Å². The van der Waals surface area contributed by atoms with Gasteiger partial charge in [0.25, 0.3) is 5.82 Å². The number of aryl methyl sites for hydroxylation is 2. The van der Waals surface area contributed by atoms with Crippen LogP contribution in [0.15, 0.2) is 42.7 Å². The normalized spacial score (nSPS) is 11.6. The first-order chi connectivity index (χ1) is 24.4. The van der Waals surface area contributed by atoms with Crippen LogP contribution in [0.4, 0.5) is 0 Å². The molecule has 0 aliphatic carbocycles. The zero-order valence-electron chi connectivity index (χ0n) is 33.4. The first kappa shape index (κ1) is 43.6. The summed E-state index contributed by atoms with van der Waals surface area (Å²) < 4.78 is 5.07. The Hall–Kier alpha value is -1.57. The molecule has 0 N–H and O–H groups in total. The molecule has 0 saturated heterocycles. The molecule has 1 aromatic heterocycles. The van der Waals surface area contributed by atoms with E-state index in [0.717, 1.165) is 13.1 Å². The quantitative estimate of drug-likeness (QED) is 0.0497. The van der Waals surface area contributed by atoms with Gasteiger partial charge in [-0.1, -0.05) is 225 Å². The van der Waals surface area contributed by atoms with E-state index in [1.807, 2.05) is 0 Å². The summed E-state index contributed by atoms with van der Waals surface area (Å²) in [6.07, 6.45) is 53.4. The van der Waals surface area contributed by atoms with Crippen LogP contribution < -0.4 is 4.57 Å². The zero-order valence-corrected chi connectivity index (χ0v) is 33.4. The lowest BCUT2D eigenvalue weighted by Gasteiger charge is -2.07. The lowest BCUT2D eigenvalue weighted by molar-refractivity contribution is -0.686. The maximum absolute atomic E-state index is 2.54. The van der Waals surface area contributed by atoms with Crippen LogP contribution in [0.2, 0.25) is 0 Å². The number of hydrogen-bond acceptors (Lipinski definition) is 0. The summed E-state index contributed by atoms with van der Waals surface area (Å²) in [5.74, 6) is 1.41. The number of rotatable bonds is 37. The first-order valence-corrected chi connectivity index (χ1v) is 22.5. The number of aromatic nitrogens is 2. The smallest absolute Gasteiger partial charge is 0.230 e. The first-order valence-electron chi connectivity index (χ1n) is 22.5. The van der Waals surface area contributed by atoms with Gasteiger partial charge in [0.15, 0.2) is 0 Å². The molecule has 0 aliphatic heterocycles. The molecule has 0 fully saturated rings. The molecule has 2 rings (SSSR count). The highest BCUT2D eigenvalue weighted by Crippen LogP contribution is 2.19. The van der Waals surface area contributed by atoms with Crippen molar-refractivity contribution in [2.45, 2.75) is 245 Å². The maximum Gasteiger partial charge on any atom is 0.288 e. The van der Waals surface area contributed by atoms with Crippen LogP contribution in [0.1, 0.15) is 232 Å². The van der Waals surface area contributed by atoms with E-state index in [0.29, 0.717) is 0 Å². The second-order valence-electron chi connectivity index (χ2n) is 15.7. The Morgan fingerprint density at radius 2 is 0.714 bits per heavy atom. The SMILES string of the molecule is CCCCCCCCCCCCCCCCCCCn1cc[n+](CCCCCCCCCCCCCCCCCCC)c1-c1ccccc1. The van der Waals surface area contributed by atoms with Crippen molar-refractivity contribution in [3.63, 3.8) is 0 Å². The summed E-state index contributed by atoms with van der Waals surface area (Å²) in [4.78, 5) is 0. The van der Waals surface area contributed by atoms with Gasteiger partial charge in [0.2, 0.25) is 0 Å². The lowest BCUT2D eigenvalue weighted by atomic mass is 10.0. The van der Waals surface area contributed by atoms with E-state index >= 15 is 0 Å². The molecular weight excluding hydrogens is 593 g/mol. The molecule has 2 heteroatoms. The van der Waals surface area contributed by atoms with Crippen LogP contribution in [-0.2, 0) is 13.1 Å². The summed E-state index contributed by atoms with van der Waals surface area (Å²) in [6.45, 7) is 6.91. The predicted octanol–water partition coefficient (Wildman–Crippen LogP) is 15.7. The third kappa shape index (κ3) is 24.3. The van der Waals surface area contributed by atoms with Gasteiger partial charge in [-0.25, -0.2) is 9.13 Å². The monoisotopic (exact) mass is 678 g/mol. The van der Waals surface area contributed by atoms with E-state index in [1.54, 1.807) is 0 Å². The van der Waals surface area contributed by atoms with Crippen molar-refractivity contribution < 1.29 is 4.57 Å². The van der Waals surface area contributed by atoms with E-state index < -0.39 is 0 Å². The van der Waals surface area contributed by atoms with Gasteiger partial charge in [0.05, 0.1) is 18.7 Å². The van der Waals surface area contributed by atoms with Gasteiger partial charge in [-0.2, -0.15) is 0 Å². The number of unbranched alkanes of at least 4 members (excludes halogenated alkanes) is 32. The molecular formula is C47H85N2+. The van der Waals surface area contributed by atoms with Crippen LogP contribution in [-0.4, -0.2) is 4.57 Å². The van der Waals surface area contributed by atoms with Crippen LogP contribution in [0.25, 0.3) is 11.4 Å². The summed E-state index contributed by atoms with van der Waals surface area (Å²) >= 11 is 0. The van der Waals surface area contributed by atoms with Gasteiger partial charge < -0.3 is 0 Å². The average molecular weight is 678 g/mol. The van der Waals surface area contributed by atoms with Gasteiger partial charge in [-0.15, -0.1) is 0 Å². The van der Waals surface area contributed by atoms with Crippen molar-refractivity contribution in [3.05, 3.63) is 42.7 Å². The largest absolute Gasteiger partial charge is 0.288 e. The van der Waals surface area contributed by atoms with Crippen molar-refractivity contribution >= 4 is 0 Å². The lowest BCUT2D eigenvalue weighted by Crippen LogP contribution is -2.34. The minimum atomic E-state index is 1.15. The fraction of sp³-hybridized carbons (Fsp3) is 0.809. The number of imidazole rings is 1. The summed E-state index contributed by atoms with van der Waals surface area (Å²) in [7, 11) is 0. The van der Waals surface area contributed by atoms with Gasteiger partial charge in [-0.3, -0.25) is 0 Å². The summed E-state index contributed by atoms with van der Waals surface area (Å²) in [5.41, 5.74) is 1.37. The highest BCUT2D eigenvalue weighted by atomic mass is 15.1. The van der Waals surface area contributed by atoms with Crippen LogP contribution in [0, 0.1) is 0 Å². The molecule has 0 saturated carbocycles. The Morgan fingerprint density at radius 3 is 1.08 bits per heavy atom. The number of hydrogen-bond donors (Lipinski definition) is 0. The number of benzene rings is 1. The van der Waals surface area contributed by atoms with Crippen LogP contribution in [0.3, 0.4) is 0 Å². The highest BCUT2D eigenvalue weighted by Gasteiger charge is 2.18. The molecule has 0 unspecified atom stereocenters. The molecule has 0 amide bonds. The van der Waals surface area contributed by atoms with Gasteiger partial charge in [0, 0.05) is 0 Å². The molecule has 1 aromatic carbocycles. The molecule has 282 valence electrons. The standard InChI is InChI=1S/C47H85N2/c1-3-5-7-9-11-13-15-17-19-21-23-25-27-29-31-33-38-42-48-44-45-49(47(48)46-40-36-35-37-41-46)43-39-34-32-30-28-26-24-22-20-18-16-14-12-10-8-6-4-2/h35-37,40-41,44-45H,3-34,38-39,42-43H2,1-2H3/q+1. The molecule has 0 spiro atoms. The molecule has 0 bridgehead atoms. The van der Waals surface area contributed by atoms with E-state index in [9.17, 15) is 0 Å². The fourth-order valence-corrected chi connectivity index (χ4v) is 7.76. The van der Waals surface area contributed by atoms with Crippen molar-refractivity contribution in [2.75, 3.05) is 0 Å². The van der Waals surface area contributed by atoms with Crippen molar-refractivity contribution in [1.82, 2.24) is 4.57 Å². The fourth-order valence-electron chi connectivity index (χ4n) is 7.76.